The molecule has 0 radical (unpaired) electrons. The molecule has 0 aliphatic carbocycles. The molecule has 0 aromatic heterocycles. The number of nitro groups is 1. The molecule has 8 nitrogen and oxygen atoms in total. The zero-order valence-corrected chi connectivity index (χ0v) is 15.3. The Balaban J connectivity index is 2.17. The monoisotopic (exact) mass is 371 g/mol. The number of anilines is 1. The molecule has 0 spiro atoms. The number of non-ortho nitro benzene ring substituents is 1. The van der Waals surface area contributed by atoms with Gasteiger partial charge in [-0.2, -0.15) is 0 Å². The van der Waals surface area contributed by atoms with E-state index in [1.165, 1.54) is 25.3 Å². The largest absolute Gasteiger partial charge is 0.496 e. The molecule has 0 aliphatic heterocycles. The number of carbonyl (C=O) groups excluding carboxylic acids is 2. The molecule has 0 saturated carbocycles. The molecule has 2 aromatic rings. The Kier molecular flexibility index (Phi) is 6.48. The fourth-order valence-corrected chi connectivity index (χ4v) is 2.50. The minimum absolute atomic E-state index is 0.132. The van der Waals surface area contributed by atoms with Crippen molar-refractivity contribution in [2.75, 3.05) is 12.4 Å². The second-order valence-corrected chi connectivity index (χ2v) is 6.19. The van der Waals surface area contributed by atoms with Crippen molar-refractivity contribution in [3.05, 3.63) is 64.2 Å². The van der Waals surface area contributed by atoms with Crippen molar-refractivity contribution >= 4 is 23.2 Å². The van der Waals surface area contributed by atoms with Crippen molar-refractivity contribution in [3.8, 4) is 5.75 Å². The first-order chi connectivity index (χ1) is 12.8. The third kappa shape index (κ3) is 5.04. The summed E-state index contributed by atoms with van der Waals surface area (Å²) in [7, 11) is 1.46. The highest BCUT2D eigenvalue weighted by molar-refractivity contribution is 6.02. The Labute approximate surface area is 156 Å². The van der Waals surface area contributed by atoms with Crippen molar-refractivity contribution < 1.29 is 19.2 Å². The van der Waals surface area contributed by atoms with Crippen LogP contribution in [0.25, 0.3) is 0 Å². The van der Waals surface area contributed by atoms with Gasteiger partial charge in [-0.15, -0.1) is 0 Å². The molecule has 0 bridgehead atoms. The number of rotatable bonds is 7. The number of methoxy groups -OCH3 is 1. The summed E-state index contributed by atoms with van der Waals surface area (Å²) in [6.07, 6.45) is 0. The molecular weight excluding hydrogens is 350 g/mol. The average molecular weight is 371 g/mol. The van der Waals surface area contributed by atoms with Crippen molar-refractivity contribution in [2.45, 2.75) is 19.9 Å². The van der Waals surface area contributed by atoms with Gasteiger partial charge in [0.25, 0.3) is 11.6 Å². The third-order valence-electron chi connectivity index (χ3n) is 3.91. The van der Waals surface area contributed by atoms with E-state index in [2.05, 4.69) is 10.6 Å². The molecule has 2 amide bonds. The molecule has 2 N–H and O–H groups in total. The molecule has 0 saturated heterocycles. The summed E-state index contributed by atoms with van der Waals surface area (Å²) in [5.41, 5.74) is 0.465. The van der Waals surface area contributed by atoms with Gasteiger partial charge in [0.2, 0.25) is 5.91 Å². The quantitative estimate of drug-likeness (QED) is 0.574. The second kappa shape index (κ2) is 8.79. The zero-order valence-electron chi connectivity index (χ0n) is 15.3. The second-order valence-electron chi connectivity index (χ2n) is 6.19. The molecule has 0 aliphatic rings. The molecule has 142 valence electrons. The van der Waals surface area contributed by atoms with Crippen molar-refractivity contribution in [2.24, 2.45) is 5.92 Å². The average Bonchev–Trinajstić information content (AvgIpc) is 2.65. The molecule has 0 heterocycles. The highest BCUT2D eigenvalue weighted by Crippen LogP contribution is 2.19. The van der Waals surface area contributed by atoms with Crippen LogP contribution in [0.2, 0.25) is 0 Å². The van der Waals surface area contributed by atoms with Crippen molar-refractivity contribution in [1.82, 2.24) is 5.32 Å². The maximum Gasteiger partial charge on any atom is 0.271 e. The van der Waals surface area contributed by atoms with Gasteiger partial charge in [-0.3, -0.25) is 19.7 Å². The van der Waals surface area contributed by atoms with Crippen LogP contribution in [-0.4, -0.2) is 29.9 Å². The van der Waals surface area contributed by atoms with Crippen LogP contribution in [0, 0.1) is 16.0 Å². The van der Waals surface area contributed by atoms with Crippen LogP contribution in [0.1, 0.15) is 24.2 Å². The number of hydrogen-bond donors (Lipinski definition) is 2. The Morgan fingerprint density at radius 2 is 1.81 bits per heavy atom. The number of amides is 2. The predicted molar refractivity (Wildman–Crippen MR) is 101 cm³/mol. The third-order valence-corrected chi connectivity index (χ3v) is 3.91. The highest BCUT2D eigenvalue weighted by Gasteiger charge is 2.26. The fraction of sp³-hybridized carbons (Fsp3) is 0.263. The number of carbonyl (C=O) groups is 2. The van der Waals surface area contributed by atoms with E-state index < -0.39 is 22.8 Å². The van der Waals surface area contributed by atoms with Crippen LogP contribution in [0.3, 0.4) is 0 Å². The lowest BCUT2D eigenvalue weighted by Crippen LogP contribution is -2.47. The Morgan fingerprint density at radius 3 is 2.44 bits per heavy atom. The van der Waals surface area contributed by atoms with Crippen LogP contribution in [-0.2, 0) is 4.79 Å². The van der Waals surface area contributed by atoms with Crippen LogP contribution < -0.4 is 15.4 Å². The number of para-hydroxylation sites is 1. The summed E-state index contributed by atoms with van der Waals surface area (Å²) in [5, 5.41) is 16.2. The number of hydrogen-bond acceptors (Lipinski definition) is 5. The summed E-state index contributed by atoms with van der Waals surface area (Å²) in [4.78, 5) is 35.5. The molecule has 1 atom stereocenters. The topological polar surface area (TPSA) is 111 Å². The van der Waals surface area contributed by atoms with Crippen LogP contribution >= 0.6 is 0 Å². The number of benzene rings is 2. The van der Waals surface area contributed by atoms with E-state index in [0.717, 1.165) is 0 Å². The van der Waals surface area contributed by atoms with E-state index in [0.29, 0.717) is 11.3 Å². The molecule has 2 rings (SSSR count). The van der Waals surface area contributed by atoms with Crippen LogP contribution in [0.15, 0.2) is 48.5 Å². The normalized spacial score (nSPS) is 11.6. The number of ether oxygens (including phenoxy) is 1. The first-order valence-corrected chi connectivity index (χ1v) is 8.32. The summed E-state index contributed by atoms with van der Waals surface area (Å²) in [5.74, 6) is -0.715. The van der Waals surface area contributed by atoms with Gasteiger partial charge in [0.05, 0.1) is 17.6 Å². The molecule has 0 fully saturated rings. The smallest absolute Gasteiger partial charge is 0.271 e. The molecule has 27 heavy (non-hydrogen) atoms. The lowest BCUT2D eigenvalue weighted by Gasteiger charge is -2.22. The fourth-order valence-electron chi connectivity index (χ4n) is 2.50. The van der Waals surface area contributed by atoms with E-state index in [1.807, 2.05) is 0 Å². The van der Waals surface area contributed by atoms with Crippen LogP contribution in [0.4, 0.5) is 11.4 Å². The summed E-state index contributed by atoms with van der Waals surface area (Å²) in [6, 6.07) is 11.5. The molecule has 8 heteroatoms. The summed E-state index contributed by atoms with van der Waals surface area (Å²) >= 11 is 0. The van der Waals surface area contributed by atoms with E-state index in [9.17, 15) is 19.7 Å². The Bertz CT molecular complexity index is 851. The Morgan fingerprint density at radius 1 is 1.11 bits per heavy atom. The SMILES string of the molecule is COc1ccccc1C(=O)N[C@H](C(=O)Nc1cccc([N+](=O)[O-])c1)C(C)C. The summed E-state index contributed by atoms with van der Waals surface area (Å²) < 4.78 is 5.18. The van der Waals surface area contributed by atoms with Gasteiger partial charge in [0.1, 0.15) is 11.8 Å². The predicted octanol–water partition coefficient (Wildman–Crippen LogP) is 3.00. The maximum absolute atomic E-state index is 12.6. The van der Waals surface area contributed by atoms with Crippen molar-refractivity contribution in [3.63, 3.8) is 0 Å². The van der Waals surface area contributed by atoms with Crippen LogP contribution in [0.5, 0.6) is 5.75 Å². The number of nitrogens with one attached hydrogen (secondary N) is 2. The lowest BCUT2D eigenvalue weighted by molar-refractivity contribution is -0.384. The van der Waals surface area contributed by atoms with Gasteiger partial charge in [0, 0.05) is 17.8 Å². The first-order valence-electron chi connectivity index (χ1n) is 8.32. The van der Waals surface area contributed by atoms with E-state index in [4.69, 9.17) is 4.74 Å². The summed E-state index contributed by atoms with van der Waals surface area (Å²) in [6.45, 7) is 3.58. The van der Waals surface area contributed by atoms with Crippen molar-refractivity contribution in [1.29, 1.82) is 0 Å². The van der Waals surface area contributed by atoms with E-state index in [1.54, 1.807) is 44.2 Å². The number of nitro benzene ring substituents is 1. The van der Waals surface area contributed by atoms with E-state index in [-0.39, 0.29) is 17.3 Å². The minimum atomic E-state index is -0.832. The first kappa shape index (κ1) is 19.9. The molecular formula is C19H21N3O5. The van der Waals surface area contributed by atoms with E-state index >= 15 is 0 Å². The van der Waals surface area contributed by atoms with Gasteiger partial charge in [-0.25, -0.2) is 0 Å². The minimum Gasteiger partial charge on any atom is -0.496 e. The van der Waals surface area contributed by atoms with Gasteiger partial charge >= 0.3 is 0 Å². The van der Waals surface area contributed by atoms with Gasteiger partial charge < -0.3 is 15.4 Å². The molecule has 0 unspecified atom stereocenters. The van der Waals surface area contributed by atoms with Gasteiger partial charge in [0.15, 0.2) is 0 Å². The van der Waals surface area contributed by atoms with Gasteiger partial charge in [-0.1, -0.05) is 32.0 Å². The number of nitrogens with zero attached hydrogens (tertiary/aromatic N) is 1. The van der Waals surface area contributed by atoms with Gasteiger partial charge in [-0.05, 0) is 24.1 Å². The molecule has 2 aromatic carbocycles. The lowest BCUT2D eigenvalue weighted by atomic mass is 10.0. The highest BCUT2D eigenvalue weighted by atomic mass is 16.6. The maximum atomic E-state index is 12.6. The zero-order chi connectivity index (χ0) is 20.0. The standard InChI is InChI=1S/C19H21N3O5/c1-12(2)17(21-18(23)15-9-4-5-10-16(15)27-3)19(24)20-13-7-6-8-14(11-13)22(25)26/h4-12,17H,1-3H3,(H,20,24)(H,21,23)/t17-/m0/s1. The Hall–Kier alpha value is -3.42.